The quantitative estimate of drug-likeness (QED) is 0.713. The summed E-state index contributed by atoms with van der Waals surface area (Å²) in [6.07, 6.45) is 3.10. The van der Waals surface area contributed by atoms with E-state index in [1.165, 1.54) is 37.6 Å². The minimum absolute atomic E-state index is 0. The average Bonchev–Trinajstić information content (AvgIpc) is 2.61. The Balaban J connectivity index is 0.00000364. The molecule has 7 nitrogen and oxygen atoms in total. The van der Waals surface area contributed by atoms with Crippen LogP contribution in [0.15, 0.2) is 53.7 Å². The highest BCUT2D eigenvalue weighted by Gasteiger charge is 2.38. The van der Waals surface area contributed by atoms with E-state index in [-0.39, 0.29) is 23.8 Å². The summed E-state index contributed by atoms with van der Waals surface area (Å²) in [5.41, 5.74) is 0.608. The van der Waals surface area contributed by atoms with Gasteiger partial charge in [0.15, 0.2) is 0 Å². The first-order chi connectivity index (χ1) is 12.3. The van der Waals surface area contributed by atoms with E-state index < -0.39 is 28.0 Å². The lowest BCUT2D eigenvalue weighted by atomic mass is 10.0. The highest BCUT2D eigenvalue weighted by atomic mass is 35.5. The predicted molar refractivity (Wildman–Crippen MR) is 103 cm³/mol. The van der Waals surface area contributed by atoms with Gasteiger partial charge < -0.3 is 9.84 Å². The number of carboxylic acid groups (broad SMARTS) is 1. The molecule has 0 saturated carbocycles. The topological polar surface area (TPSA) is 96.8 Å². The van der Waals surface area contributed by atoms with Crippen LogP contribution in [0.25, 0.3) is 0 Å². The number of carboxylic acids is 1. The van der Waals surface area contributed by atoms with E-state index in [1.807, 2.05) is 0 Å². The number of hydrogen-bond donors (Lipinski definition) is 1. The zero-order valence-electron chi connectivity index (χ0n) is 15.3. The number of pyridine rings is 1. The Morgan fingerprint density at radius 3 is 2.30 bits per heavy atom. The van der Waals surface area contributed by atoms with Gasteiger partial charge in [0.25, 0.3) is 0 Å². The first kappa shape index (κ1) is 22.9. The Labute approximate surface area is 165 Å². The van der Waals surface area contributed by atoms with E-state index >= 15 is 0 Å². The van der Waals surface area contributed by atoms with Crippen molar-refractivity contribution in [3.8, 4) is 5.75 Å². The Morgan fingerprint density at radius 1 is 1.22 bits per heavy atom. The molecule has 0 saturated heterocycles. The number of methoxy groups -OCH3 is 1. The molecule has 0 radical (unpaired) electrons. The van der Waals surface area contributed by atoms with Crippen LogP contribution in [-0.4, -0.2) is 41.9 Å². The smallest absolute Gasteiger partial charge is 0.322 e. The number of carbonyl (C=O) groups is 1. The predicted octanol–water partition coefficient (Wildman–Crippen LogP) is 2.81. The summed E-state index contributed by atoms with van der Waals surface area (Å²) >= 11 is 0. The third kappa shape index (κ3) is 5.41. The lowest BCUT2D eigenvalue weighted by molar-refractivity contribution is -0.143. The summed E-state index contributed by atoms with van der Waals surface area (Å²) in [6.45, 7) is 3.27. The van der Waals surface area contributed by atoms with Crippen molar-refractivity contribution in [3.63, 3.8) is 0 Å². The van der Waals surface area contributed by atoms with E-state index in [0.29, 0.717) is 11.3 Å². The number of rotatable bonds is 8. The fourth-order valence-electron chi connectivity index (χ4n) is 2.63. The molecule has 2 rings (SSSR count). The second-order valence-electron chi connectivity index (χ2n) is 6.11. The second kappa shape index (κ2) is 9.68. The summed E-state index contributed by atoms with van der Waals surface area (Å²) in [7, 11) is -2.56. The minimum Gasteiger partial charge on any atom is -0.497 e. The maximum Gasteiger partial charge on any atom is 0.322 e. The molecular weight excluding hydrogens is 392 g/mol. The van der Waals surface area contributed by atoms with E-state index in [4.69, 9.17) is 4.74 Å². The minimum atomic E-state index is -4.04. The third-order valence-electron chi connectivity index (χ3n) is 3.92. The largest absolute Gasteiger partial charge is 0.497 e. The number of halogens is 1. The first-order valence-corrected chi connectivity index (χ1v) is 9.49. The van der Waals surface area contributed by atoms with E-state index in [1.54, 1.807) is 32.2 Å². The summed E-state index contributed by atoms with van der Waals surface area (Å²) in [5, 5.41) is 9.64. The van der Waals surface area contributed by atoms with Crippen molar-refractivity contribution in [1.82, 2.24) is 9.29 Å². The molecule has 0 spiro atoms. The number of nitrogens with zero attached hydrogens (tertiary/aromatic N) is 2. The zero-order valence-corrected chi connectivity index (χ0v) is 16.9. The maximum absolute atomic E-state index is 13.2. The molecule has 0 fully saturated rings. The van der Waals surface area contributed by atoms with Crippen molar-refractivity contribution in [3.05, 3.63) is 54.4 Å². The molecule has 1 aromatic carbocycles. The molecule has 148 valence electrons. The van der Waals surface area contributed by atoms with Gasteiger partial charge in [0.1, 0.15) is 11.8 Å². The molecule has 1 heterocycles. The monoisotopic (exact) mass is 414 g/mol. The molecule has 27 heavy (non-hydrogen) atoms. The van der Waals surface area contributed by atoms with E-state index in [9.17, 15) is 18.3 Å². The maximum atomic E-state index is 13.2. The van der Waals surface area contributed by atoms with Gasteiger partial charge in [-0.15, -0.1) is 12.4 Å². The van der Waals surface area contributed by atoms with Crippen molar-refractivity contribution < 1.29 is 23.1 Å². The fraction of sp³-hybridized carbons (Fsp3) is 0.333. The van der Waals surface area contributed by atoms with Crippen LogP contribution in [0.5, 0.6) is 5.75 Å². The summed E-state index contributed by atoms with van der Waals surface area (Å²) in [4.78, 5) is 15.8. The number of aromatic nitrogens is 1. The van der Waals surface area contributed by atoms with Gasteiger partial charge >= 0.3 is 5.97 Å². The summed E-state index contributed by atoms with van der Waals surface area (Å²) < 4.78 is 32.4. The molecular formula is C18H23ClN2O5S. The number of hydrogen-bond acceptors (Lipinski definition) is 5. The molecule has 1 unspecified atom stereocenters. The van der Waals surface area contributed by atoms with Crippen LogP contribution in [0.1, 0.15) is 19.4 Å². The summed E-state index contributed by atoms with van der Waals surface area (Å²) in [6, 6.07) is 8.05. The van der Waals surface area contributed by atoms with Gasteiger partial charge in [0.05, 0.1) is 12.0 Å². The number of sulfonamides is 1. The van der Waals surface area contributed by atoms with Crippen molar-refractivity contribution in [1.29, 1.82) is 0 Å². The third-order valence-corrected chi connectivity index (χ3v) is 5.76. The van der Waals surface area contributed by atoms with Gasteiger partial charge in [0, 0.05) is 18.9 Å². The molecule has 0 aliphatic rings. The van der Waals surface area contributed by atoms with Gasteiger partial charge in [-0.2, -0.15) is 4.31 Å². The number of ether oxygens (including phenoxy) is 1. The highest BCUT2D eigenvalue weighted by Crippen LogP contribution is 2.26. The number of aliphatic carboxylic acids is 1. The van der Waals surface area contributed by atoms with Gasteiger partial charge in [-0.05, 0) is 41.8 Å². The van der Waals surface area contributed by atoms with Crippen molar-refractivity contribution in [2.75, 3.05) is 7.11 Å². The van der Waals surface area contributed by atoms with Crippen LogP contribution in [0.2, 0.25) is 0 Å². The molecule has 1 atom stereocenters. The zero-order chi connectivity index (χ0) is 19.3. The van der Waals surface area contributed by atoms with E-state index in [0.717, 1.165) is 4.31 Å². The molecule has 0 aliphatic heterocycles. The standard InChI is InChI=1S/C18H22N2O5S.ClH/c1-13(2)17(18(21)22)20(12-14-5-4-10-19-11-14)26(23,24)16-8-6-15(25-3)7-9-16;/h4-11,13,17H,12H2,1-3H3,(H,21,22);1H. The van der Waals surface area contributed by atoms with Crippen molar-refractivity contribution in [2.45, 2.75) is 31.3 Å². The molecule has 9 heteroatoms. The fourth-order valence-corrected chi connectivity index (χ4v) is 4.33. The van der Waals surface area contributed by atoms with Gasteiger partial charge in [0.2, 0.25) is 10.0 Å². The Bertz CT molecular complexity index is 842. The lowest BCUT2D eigenvalue weighted by Crippen LogP contribution is -2.47. The summed E-state index contributed by atoms with van der Waals surface area (Å²) in [5.74, 6) is -1.10. The van der Waals surface area contributed by atoms with Gasteiger partial charge in [-0.25, -0.2) is 8.42 Å². The van der Waals surface area contributed by atoms with Gasteiger partial charge in [-0.1, -0.05) is 19.9 Å². The number of benzene rings is 1. The molecule has 2 aromatic rings. The van der Waals surface area contributed by atoms with Crippen LogP contribution in [0, 0.1) is 5.92 Å². The molecule has 1 aromatic heterocycles. The highest BCUT2D eigenvalue weighted by molar-refractivity contribution is 7.89. The lowest BCUT2D eigenvalue weighted by Gasteiger charge is -2.30. The average molecular weight is 415 g/mol. The SMILES string of the molecule is COc1ccc(S(=O)(=O)N(Cc2cccnc2)C(C(=O)O)C(C)C)cc1.Cl. The van der Waals surface area contributed by atoms with Gasteiger partial charge in [-0.3, -0.25) is 9.78 Å². The van der Waals surface area contributed by atoms with E-state index in [2.05, 4.69) is 4.98 Å². The van der Waals surface area contributed by atoms with Crippen LogP contribution in [0.4, 0.5) is 0 Å². The van der Waals surface area contributed by atoms with Crippen LogP contribution in [0.3, 0.4) is 0 Å². The first-order valence-electron chi connectivity index (χ1n) is 8.05. The molecule has 1 N–H and O–H groups in total. The van der Waals surface area contributed by atoms with Crippen LogP contribution < -0.4 is 4.74 Å². The van der Waals surface area contributed by atoms with Crippen LogP contribution in [-0.2, 0) is 21.4 Å². The normalized spacial score (nSPS) is 12.5. The Hall–Kier alpha value is -2.16. The van der Waals surface area contributed by atoms with Crippen molar-refractivity contribution >= 4 is 28.4 Å². The molecule has 0 aliphatic carbocycles. The van der Waals surface area contributed by atoms with Crippen molar-refractivity contribution in [2.24, 2.45) is 5.92 Å². The second-order valence-corrected chi connectivity index (χ2v) is 8.00. The molecule has 0 bridgehead atoms. The van der Waals surface area contributed by atoms with Crippen LogP contribution >= 0.6 is 12.4 Å². The Morgan fingerprint density at radius 2 is 1.85 bits per heavy atom. The molecule has 0 amide bonds. The Kier molecular flexibility index (Phi) is 8.20.